The van der Waals surface area contributed by atoms with Gasteiger partial charge < -0.3 is 19.3 Å². The molecule has 0 aromatic heterocycles. The molecular formula is C29H28O7S. The molecule has 0 amide bonds. The molecule has 4 rings (SSSR count). The van der Waals surface area contributed by atoms with Gasteiger partial charge >= 0.3 is 17.9 Å². The molecule has 1 aliphatic rings. The Labute approximate surface area is 219 Å². The van der Waals surface area contributed by atoms with Crippen molar-refractivity contribution in [3.63, 3.8) is 0 Å². The van der Waals surface area contributed by atoms with Gasteiger partial charge in [0, 0.05) is 10.8 Å². The molecule has 0 saturated heterocycles. The molecule has 192 valence electrons. The number of aliphatic hydroxyl groups excluding tert-OH is 1. The van der Waals surface area contributed by atoms with Crippen molar-refractivity contribution in [2.75, 3.05) is 7.11 Å². The summed E-state index contributed by atoms with van der Waals surface area (Å²) in [5.74, 6) is -3.79. The molecule has 3 aromatic carbocycles. The van der Waals surface area contributed by atoms with Gasteiger partial charge in [0.1, 0.15) is 18.1 Å². The van der Waals surface area contributed by atoms with Gasteiger partial charge in [-0.05, 0) is 36.4 Å². The largest absolute Gasteiger partial charge is 0.469 e. The Morgan fingerprint density at radius 3 is 1.68 bits per heavy atom. The smallest absolute Gasteiger partial charge is 0.338 e. The molecule has 1 saturated carbocycles. The average Bonchev–Trinajstić information content (AvgIpc) is 2.94. The fourth-order valence-electron chi connectivity index (χ4n) is 4.45. The summed E-state index contributed by atoms with van der Waals surface area (Å²) in [6.07, 6.45) is -3.32. The minimum absolute atomic E-state index is 0.292. The van der Waals surface area contributed by atoms with Crippen LogP contribution in [0.25, 0.3) is 0 Å². The van der Waals surface area contributed by atoms with Crippen LogP contribution < -0.4 is 0 Å². The van der Waals surface area contributed by atoms with Gasteiger partial charge in [0.05, 0.1) is 29.6 Å². The van der Waals surface area contributed by atoms with E-state index in [9.17, 15) is 19.5 Å². The fraction of sp³-hybridized carbons (Fsp3) is 0.276. The molecule has 0 aliphatic heterocycles. The van der Waals surface area contributed by atoms with E-state index in [1.165, 1.54) is 18.9 Å². The van der Waals surface area contributed by atoms with Gasteiger partial charge in [-0.15, -0.1) is 11.8 Å². The summed E-state index contributed by atoms with van der Waals surface area (Å²) in [5.41, 5.74) is 0.640. The van der Waals surface area contributed by atoms with E-state index in [0.29, 0.717) is 11.1 Å². The number of methoxy groups -OCH3 is 1. The maximum absolute atomic E-state index is 13.1. The highest BCUT2D eigenvalue weighted by atomic mass is 32.2. The quantitative estimate of drug-likeness (QED) is 0.362. The molecule has 1 aliphatic carbocycles. The summed E-state index contributed by atoms with van der Waals surface area (Å²) < 4.78 is 16.9. The van der Waals surface area contributed by atoms with Crippen LogP contribution in [0.1, 0.15) is 27.6 Å². The van der Waals surface area contributed by atoms with Gasteiger partial charge in [-0.3, -0.25) is 4.79 Å². The number of benzene rings is 3. The zero-order chi connectivity index (χ0) is 26.4. The lowest BCUT2D eigenvalue weighted by Crippen LogP contribution is -2.61. The molecule has 0 heterocycles. The Morgan fingerprint density at radius 1 is 0.730 bits per heavy atom. The number of carbonyl (C=O) groups excluding carboxylic acids is 3. The Hall–Kier alpha value is -3.62. The van der Waals surface area contributed by atoms with Crippen molar-refractivity contribution in [2.24, 2.45) is 11.8 Å². The van der Waals surface area contributed by atoms with E-state index in [4.69, 9.17) is 14.2 Å². The third-order valence-electron chi connectivity index (χ3n) is 6.42. The molecular weight excluding hydrogens is 492 g/mol. The second-order valence-electron chi connectivity index (χ2n) is 8.77. The maximum Gasteiger partial charge on any atom is 0.338 e. The van der Waals surface area contributed by atoms with Crippen LogP contribution in [0.5, 0.6) is 0 Å². The number of aliphatic hydroxyl groups is 1. The summed E-state index contributed by atoms with van der Waals surface area (Å²) in [4.78, 5) is 39.9. The lowest BCUT2D eigenvalue weighted by Gasteiger charge is -2.46. The van der Waals surface area contributed by atoms with Crippen LogP contribution in [-0.2, 0) is 19.0 Å². The molecule has 3 aromatic rings. The number of rotatable bonds is 7. The van der Waals surface area contributed by atoms with E-state index in [1.807, 2.05) is 30.3 Å². The normalized spacial score (nSPS) is 25.1. The zero-order valence-corrected chi connectivity index (χ0v) is 21.2. The van der Waals surface area contributed by atoms with Crippen LogP contribution in [0, 0.1) is 11.8 Å². The number of ether oxygens (including phenoxy) is 3. The van der Waals surface area contributed by atoms with Crippen LogP contribution >= 0.6 is 11.8 Å². The van der Waals surface area contributed by atoms with Gasteiger partial charge in [0.15, 0.2) is 0 Å². The second-order valence-corrected chi connectivity index (χ2v) is 10.0. The van der Waals surface area contributed by atoms with E-state index in [-0.39, 0.29) is 0 Å². The summed E-state index contributed by atoms with van der Waals surface area (Å²) in [5, 5.41) is 10.5. The van der Waals surface area contributed by atoms with Crippen LogP contribution in [0.3, 0.4) is 0 Å². The van der Waals surface area contributed by atoms with Crippen LogP contribution in [-0.4, -0.2) is 53.7 Å². The van der Waals surface area contributed by atoms with Crippen molar-refractivity contribution in [1.82, 2.24) is 0 Å². The van der Waals surface area contributed by atoms with Crippen molar-refractivity contribution < 1.29 is 33.7 Å². The second kappa shape index (κ2) is 12.1. The van der Waals surface area contributed by atoms with Gasteiger partial charge in [0.2, 0.25) is 0 Å². The monoisotopic (exact) mass is 520 g/mol. The minimum Gasteiger partial charge on any atom is -0.469 e. The van der Waals surface area contributed by atoms with Gasteiger partial charge in [0.25, 0.3) is 0 Å². The van der Waals surface area contributed by atoms with Crippen LogP contribution in [0.2, 0.25) is 0 Å². The minimum atomic E-state index is -1.29. The highest BCUT2D eigenvalue weighted by Gasteiger charge is 2.56. The van der Waals surface area contributed by atoms with Crippen LogP contribution in [0.15, 0.2) is 95.9 Å². The van der Waals surface area contributed by atoms with Gasteiger partial charge in [-0.1, -0.05) is 61.5 Å². The summed E-state index contributed by atoms with van der Waals surface area (Å²) in [7, 11) is 1.22. The Morgan fingerprint density at radius 2 is 1.19 bits per heavy atom. The Bertz CT molecular complexity index is 1200. The van der Waals surface area contributed by atoms with Crippen molar-refractivity contribution in [3.05, 3.63) is 102 Å². The number of thioether (sulfide) groups is 1. The predicted molar refractivity (Wildman–Crippen MR) is 138 cm³/mol. The third kappa shape index (κ3) is 6.03. The number of hydrogen-bond donors (Lipinski definition) is 1. The Kier molecular flexibility index (Phi) is 8.63. The first-order chi connectivity index (χ1) is 17.9. The standard InChI is InChI=1S/C29H28O7S/c1-18-23(30)22(29(33)34-2)25(36-28(32)20-14-8-4-9-15-20)26(37-21-16-10-5-11-17-21)24(18)35-27(31)19-12-6-3-7-13-19/h3-18,22-26,30H,1-2H3/t18-,22?,23+,24?,25?,26?/m0/s1. The SMILES string of the molecule is COC(=O)C1C(OC(=O)c2ccccc2)C(Sc2ccccc2)C(OC(=O)c2ccccc2)[C@@H](C)[C@H]1O. The van der Waals surface area contributed by atoms with Gasteiger partial charge in [-0.25, -0.2) is 9.59 Å². The van der Waals surface area contributed by atoms with Gasteiger partial charge in [-0.2, -0.15) is 0 Å². The molecule has 0 bridgehead atoms. The summed E-state index contributed by atoms with van der Waals surface area (Å²) in [6.45, 7) is 1.71. The third-order valence-corrected chi connectivity index (χ3v) is 7.77. The Balaban J connectivity index is 1.75. The van der Waals surface area contributed by atoms with E-state index in [1.54, 1.807) is 67.6 Å². The molecule has 7 nitrogen and oxygen atoms in total. The predicted octanol–water partition coefficient (Wildman–Crippen LogP) is 4.40. The van der Waals surface area contributed by atoms with Crippen molar-refractivity contribution >= 4 is 29.7 Å². The first kappa shape index (κ1) is 26.4. The highest BCUT2D eigenvalue weighted by molar-refractivity contribution is 8.00. The van der Waals surface area contributed by atoms with E-state index in [0.717, 1.165) is 4.90 Å². The summed E-state index contributed by atoms with van der Waals surface area (Å²) in [6, 6.07) is 26.2. The lowest BCUT2D eigenvalue weighted by molar-refractivity contribution is -0.168. The number of esters is 3. The van der Waals surface area contributed by atoms with E-state index in [2.05, 4.69) is 0 Å². The topological polar surface area (TPSA) is 99.1 Å². The van der Waals surface area contributed by atoms with E-state index >= 15 is 0 Å². The van der Waals surface area contributed by atoms with Crippen LogP contribution in [0.4, 0.5) is 0 Å². The highest BCUT2D eigenvalue weighted by Crippen LogP contribution is 2.43. The van der Waals surface area contributed by atoms with Crippen molar-refractivity contribution in [2.45, 2.75) is 35.4 Å². The number of carbonyl (C=O) groups is 3. The molecule has 6 atom stereocenters. The molecule has 1 N–H and O–H groups in total. The molecule has 37 heavy (non-hydrogen) atoms. The molecule has 0 spiro atoms. The molecule has 4 unspecified atom stereocenters. The maximum atomic E-state index is 13.1. The average molecular weight is 521 g/mol. The lowest BCUT2D eigenvalue weighted by atomic mass is 9.75. The molecule has 1 fully saturated rings. The first-order valence-corrected chi connectivity index (χ1v) is 12.8. The fourth-order valence-corrected chi connectivity index (χ4v) is 5.88. The molecule has 0 radical (unpaired) electrons. The first-order valence-electron chi connectivity index (χ1n) is 11.9. The van der Waals surface area contributed by atoms with E-state index < -0.39 is 53.3 Å². The van der Waals surface area contributed by atoms with Crippen molar-refractivity contribution in [1.29, 1.82) is 0 Å². The zero-order valence-electron chi connectivity index (χ0n) is 20.4. The number of hydrogen-bond acceptors (Lipinski definition) is 8. The summed E-state index contributed by atoms with van der Waals surface area (Å²) >= 11 is 1.32. The van der Waals surface area contributed by atoms with Crippen molar-refractivity contribution in [3.8, 4) is 0 Å². The molecule has 8 heteroatoms.